The van der Waals surface area contributed by atoms with Crippen molar-refractivity contribution in [3.63, 3.8) is 0 Å². The molecule has 0 aromatic heterocycles. The molecule has 0 saturated heterocycles. The van der Waals surface area contributed by atoms with Gasteiger partial charge in [-0.2, -0.15) is 5.26 Å². The van der Waals surface area contributed by atoms with Crippen molar-refractivity contribution in [3.8, 4) is 11.8 Å². The van der Waals surface area contributed by atoms with Crippen LogP contribution in [0.2, 0.25) is 0 Å². The molecule has 0 aliphatic rings. The maximum atomic E-state index is 8.77. The van der Waals surface area contributed by atoms with Crippen LogP contribution in [0.15, 0.2) is 40.9 Å². The van der Waals surface area contributed by atoms with Gasteiger partial charge < -0.3 is 15.8 Å². The van der Waals surface area contributed by atoms with Crippen molar-refractivity contribution in [1.82, 2.24) is 0 Å². The van der Waals surface area contributed by atoms with E-state index in [1.54, 1.807) is 13.2 Å². The van der Waals surface area contributed by atoms with Gasteiger partial charge in [0.25, 0.3) is 0 Å². The average molecular weight is 332 g/mol. The summed E-state index contributed by atoms with van der Waals surface area (Å²) in [4.78, 5) is 0. The topological polar surface area (TPSA) is 71.1 Å². The van der Waals surface area contributed by atoms with E-state index in [0.717, 1.165) is 27.2 Å². The number of anilines is 3. The Kier molecular flexibility index (Phi) is 4.49. The standard InChI is InChI=1S/C15H14BrN3O/c1-20-15-5-3-12(9-13(15)16)19-11-2-4-14(18)10(8-11)6-7-17/h2-5,8-9,19H,6,18H2,1H3. The van der Waals surface area contributed by atoms with Crippen LogP contribution in [0.25, 0.3) is 0 Å². The summed E-state index contributed by atoms with van der Waals surface area (Å²) in [5.41, 5.74) is 9.10. The Balaban J connectivity index is 2.24. The first-order chi connectivity index (χ1) is 9.63. The van der Waals surface area contributed by atoms with Gasteiger partial charge in [-0.15, -0.1) is 0 Å². The summed E-state index contributed by atoms with van der Waals surface area (Å²) in [5, 5.41) is 12.0. The van der Waals surface area contributed by atoms with E-state index in [9.17, 15) is 0 Å². The third kappa shape index (κ3) is 3.22. The first-order valence-electron chi connectivity index (χ1n) is 6.00. The second-order valence-electron chi connectivity index (χ2n) is 4.22. The molecule has 0 atom stereocenters. The Morgan fingerprint density at radius 3 is 2.60 bits per heavy atom. The summed E-state index contributed by atoms with van der Waals surface area (Å²) < 4.78 is 6.06. The number of halogens is 1. The zero-order valence-electron chi connectivity index (χ0n) is 11.0. The SMILES string of the molecule is COc1ccc(Nc2ccc(N)c(CC#N)c2)cc1Br. The van der Waals surface area contributed by atoms with Gasteiger partial charge in [0, 0.05) is 17.1 Å². The zero-order valence-corrected chi connectivity index (χ0v) is 12.6. The fraction of sp³-hybridized carbons (Fsp3) is 0.133. The molecule has 102 valence electrons. The molecule has 0 amide bonds. The summed E-state index contributed by atoms with van der Waals surface area (Å²) >= 11 is 3.44. The van der Waals surface area contributed by atoms with Crippen molar-refractivity contribution in [2.24, 2.45) is 0 Å². The van der Waals surface area contributed by atoms with E-state index < -0.39 is 0 Å². The molecule has 0 saturated carbocycles. The Bertz CT molecular complexity index is 665. The van der Waals surface area contributed by atoms with Crippen LogP contribution in [0.3, 0.4) is 0 Å². The molecular weight excluding hydrogens is 318 g/mol. The number of nitrogens with two attached hydrogens (primary N) is 1. The Labute approximate surface area is 126 Å². The minimum atomic E-state index is 0.299. The summed E-state index contributed by atoms with van der Waals surface area (Å²) in [6.07, 6.45) is 0.299. The molecule has 0 bridgehead atoms. The molecule has 0 aliphatic carbocycles. The number of methoxy groups -OCH3 is 1. The van der Waals surface area contributed by atoms with Crippen LogP contribution < -0.4 is 15.8 Å². The van der Waals surface area contributed by atoms with Gasteiger partial charge >= 0.3 is 0 Å². The van der Waals surface area contributed by atoms with E-state index in [0.29, 0.717) is 12.1 Å². The lowest BCUT2D eigenvalue weighted by atomic mass is 10.1. The fourth-order valence-electron chi connectivity index (χ4n) is 1.83. The molecule has 3 N–H and O–H groups in total. The van der Waals surface area contributed by atoms with E-state index in [-0.39, 0.29) is 0 Å². The molecular formula is C15H14BrN3O. The molecule has 0 aliphatic heterocycles. The Hall–Kier alpha value is -2.19. The average Bonchev–Trinajstić information content (AvgIpc) is 2.43. The molecule has 2 rings (SSSR count). The lowest BCUT2D eigenvalue weighted by Gasteiger charge is -2.11. The van der Waals surface area contributed by atoms with Crippen LogP contribution in [-0.2, 0) is 6.42 Å². The van der Waals surface area contributed by atoms with Gasteiger partial charge in [-0.25, -0.2) is 0 Å². The highest BCUT2D eigenvalue weighted by Gasteiger charge is 2.04. The third-order valence-electron chi connectivity index (χ3n) is 2.85. The van der Waals surface area contributed by atoms with Gasteiger partial charge in [-0.05, 0) is 57.9 Å². The predicted octanol–water partition coefficient (Wildman–Crippen LogP) is 3.85. The highest BCUT2D eigenvalue weighted by Crippen LogP contribution is 2.29. The van der Waals surface area contributed by atoms with E-state index in [1.807, 2.05) is 30.3 Å². The first-order valence-corrected chi connectivity index (χ1v) is 6.79. The van der Waals surface area contributed by atoms with E-state index in [4.69, 9.17) is 15.7 Å². The fourth-order valence-corrected chi connectivity index (χ4v) is 2.37. The molecule has 0 unspecified atom stereocenters. The number of nitrogens with zero attached hydrogens (tertiary/aromatic N) is 1. The monoisotopic (exact) mass is 331 g/mol. The molecule has 0 fully saturated rings. The largest absolute Gasteiger partial charge is 0.496 e. The number of benzene rings is 2. The van der Waals surface area contributed by atoms with Gasteiger partial charge in [0.1, 0.15) is 5.75 Å². The number of rotatable bonds is 4. The number of ether oxygens (including phenoxy) is 1. The quantitative estimate of drug-likeness (QED) is 0.834. The molecule has 0 radical (unpaired) electrons. The second-order valence-corrected chi connectivity index (χ2v) is 5.08. The molecule has 0 spiro atoms. The summed E-state index contributed by atoms with van der Waals surface area (Å²) in [6, 6.07) is 13.4. The number of nitriles is 1. The number of nitrogen functional groups attached to an aromatic ring is 1. The minimum absolute atomic E-state index is 0.299. The number of nitrogens with one attached hydrogen (secondary N) is 1. The minimum Gasteiger partial charge on any atom is -0.496 e. The summed E-state index contributed by atoms with van der Waals surface area (Å²) in [7, 11) is 1.63. The van der Waals surface area contributed by atoms with E-state index in [2.05, 4.69) is 27.3 Å². The number of hydrogen-bond acceptors (Lipinski definition) is 4. The van der Waals surface area contributed by atoms with Crippen LogP contribution >= 0.6 is 15.9 Å². The van der Waals surface area contributed by atoms with Crippen LogP contribution in [0.4, 0.5) is 17.1 Å². The van der Waals surface area contributed by atoms with Gasteiger partial charge in [-0.1, -0.05) is 0 Å². The molecule has 20 heavy (non-hydrogen) atoms. The van der Waals surface area contributed by atoms with Crippen LogP contribution in [0.1, 0.15) is 5.56 Å². The van der Waals surface area contributed by atoms with Crippen LogP contribution in [-0.4, -0.2) is 7.11 Å². The van der Waals surface area contributed by atoms with Crippen molar-refractivity contribution < 1.29 is 4.74 Å². The van der Waals surface area contributed by atoms with Crippen molar-refractivity contribution in [2.45, 2.75) is 6.42 Å². The highest BCUT2D eigenvalue weighted by molar-refractivity contribution is 9.10. The second kappa shape index (κ2) is 6.31. The van der Waals surface area contributed by atoms with Crippen LogP contribution in [0, 0.1) is 11.3 Å². The predicted molar refractivity (Wildman–Crippen MR) is 84.1 cm³/mol. The van der Waals surface area contributed by atoms with Crippen molar-refractivity contribution in [3.05, 3.63) is 46.4 Å². The molecule has 0 heterocycles. The summed E-state index contributed by atoms with van der Waals surface area (Å²) in [5.74, 6) is 0.776. The Morgan fingerprint density at radius 2 is 1.95 bits per heavy atom. The van der Waals surface area contributed by atoms with Gasteiger partial charge in [-0.3, -0.25) is 0 Å². The first kappa shape index (κ1) is 14.2. The van der Waals surface area contributed by atoms with Crippen molar-refractivity contribution in [1.29, 1.82) is 5.26 Å². The molecule has 2 aromatic carbocycles. The van der Waals surface area contributed by atoms with Gasteiger partial charge in [0.2, 0.25) is 0 Å². The lowest BCUT2D eigenvalue weighted by molar-refractivity contribution is 0.412. The highest BCUT2D eigenvalue weighted by atomic mass is 79.9. The zero-order chi connectivity index (χ0) is 14.5. The molecule has 4 nitrogen and oxygen atoms in total. The Morgan fingerprint density at radius 1 is 1.25 bits per heavy atom. The lowest BCUT2D eigenvalue weighted by Crippen LogP contribution is -1.97. The third-order valence-corrected chi connectivity index (χ3v) is 3.47. The molecule has 5 heteroatoms. The van der Waals surface area contributed by atoms with Gasteiger partial charge in [0.15, 0.2) is 0 Å². The maximum Gasteiger partial charge on any atom is 0.133 e. The van der Waals surface area contributed by atoms with Gasteiger partial charge in [0.05, 0.1) is 24.1 Å². The summed E-state index contributed by atoms with van der Waals surface area (Å²) in [6.45, 7) is 0. The van der Waals surface area contributed by atoms with E-state index >= 15 is 0 Å². The van der Waals surface area contributed by atoms with E-state index in [1.165, 1.54) is 0 Å². The van der Waals surface area contributed by atoms with Crippen LogP contribution in [0.5, 0.6) is 5.75 Å². The number of hydrogen-bond donors (Lipinski definition) is 2. The molecule has 2 aromatic rings. The normalized spacial score (nSPS) is 9.85. The maximum absolute atomic E-state index is 8.77. The van der Waals surface area contributed by atoms with Crippen molar-refractivity contribution >= 4 is 33.0 Å². The van der Waals surface area contributed by atoms with Crippen molar-refractivity contribution in [2.75, 3.05) is 18.2 Å². The smallest absolute Gasteiger partial charge is 0.133 e.